The van der Waals surface area contributed by atoms with Crippen molar-refractivity contribution >= 4 is 11.6 Å². The van der Waals surface area contributed by atoms with Crippen LogP contribution in [-0.2, 0) is 4.79 Å². The zero-order valence-electron chi connectivity index (χ0n) is 9.60. The van der Waals surface area contributed by atoms with Crippen molar-refractivity contribution in [1.82, 2.24) is 10.2 Å². The van der Waals surface area contributed by atoms with Gasteiger partial charge in [0.15, 0.2) is 6.23 Å². The monoisotopic (exact) mass is 235 g/mol. The number of aliphatic hydroxyl groups is 1. The van der Waals surface area contributed by atoms with Gasteiger partial charge in [-0.05, 0) is 12.1 Å². The number of piperazine rings is 1. The molecule has 5 nitrogen and oxygen atoms in total. The molecule has 3 N–H and O–H groups in total. The first kappa shape index (κ1) is 12.0. The van der Waals surface area contributed by atoms with E-state index >= 15 is 0 Å². The maximum absolute atomic E-state index is 11.8. The lowest BCUT2D eigenvalue weighted by Gasteiger charge is -2.30. The first-order valence-electron chi connectivity index (χ1n) is 5.76. The van der Waals surface area contributed by atoms with E-state index in [9.17, 15) is 9.90 Å². The number of carbonyl (C=O) groups is 1. The quantitative estimate of drug-likeness (QED) is 0.681. The number of aliphatic hydroxyl groups excluding tert-OH is 1. The van der Waals surface area contributed by atoms with E-state index in [0.29, 0.717) is 18.8 Å². The molecule has 2 rings (SSSR count). The number of para-hydroxylation sites is 1. The molecule has 1 aromatic rings. The summed E-state index contributed by atoms with van der Waals surface area (Å²) in [7, 11) is 0. The van der Waals surface area contributed by atoms with E-state index in [0.717, 1.165) is 13.1 Å². The third-order valence-corrected chi connectivity index (χ3v) is 2.77. The Bertz CT molecular complexity index is 363. The summed E-state index contributed by atoms with van der Waals surface area (Å²) in [6, 6.07) is 9.15. The molecule has 0 radical (unpaired) electrons. The van der Waals surface area contributed by atoms with E-state index < -0.39 is 6.23 Å². The Kier molecular flexibility index (Phi) is 4.08. The van der Waals surface area contributed by atoms with Crippen molar-refractivity contribution in [3.8, 4) is 0 Å². The summed E-state index contributed by atoms with van der Waals surface area (Å²) in [4.78, 5) is 13.5. The SMILES string of the molecule is O=C(Nc1ccccc1)C(O)N1CCNCC1. The molecule has 1 atom stereocenters. The molecule has 1 aliphatic heterocycles. The first-order valence-corrected chi connectivity index (χ1v) is 5.76. The number of hydrogen-bond acceptors (Lipinski definition) is 4. The number of anilines is 1. The van der Waals surface area contributed by atoms with Crippen molar-refractivity contribution in [3.63, 3.8) is 0 Å². The summed E-state index contributed by atoms with van der Waals surface area (Å²) in [5.41, 5.74) is 0.701. The third-order valence-electron chi connectivity index (χ3n) is 2.77. The van der Waals surface area contributed by atoms with E-state index in [2.05, 4.69) is 10.6 Å². The number of carbonyl (C=O) groups excluding carboxylic acids is 1. The molecule has 1 unspecified atom stereocenters. The average Bonchev–Trinajstić information content (AvgIpc) is 2.40. The van der Waals surface area contributed by atoms with E-state index in [4.69, 9.17) is 0 Å². The van der Waals surface area contributed by atoms with Gasteiger partial charge in [0.05, 0.1) is 0 Å². The lowest BCUT2D eigenvalue weighted by Crippen LogP contribution is -2.52. The van der Waals surface area contributed by atoms with E-state index in [-0.39, 0.29) is 5.91 Å². The second kappa shape index (κ2) is 5.77. The molecular formula is C12H17N3O2. The maximum atomic E-state index is 11.8. The van der Waals surface area contributed by atoms with Crippen molar-refractivity contribution in [1.29, 1.82) is 0 Å². The number of benzene rings is 1. The van der Waals surface area contributed by atoms with Crippen LogP contribution in [0.3, 0.4) is 0 Å². The molecule has 0 spiro atoms. The van der Waals surface area contributed by atoms with Crippen LogP contribution in [0.25, 0.3) is 0 Å². The number of nitrogens with zero attached hydrogens (tertiary/aromatic N) is 1. The topological polar surface area (TPSA) is 64.6 Å². The van der Waals surface area contributed by atoms with Gasteiger partial charge >= 0.3 is 0 Å². The Balaban J connectivity index is 1.90. The minimum atomic E-state index is -1.07. The average molecular weight is 235 g/mol. The fourth-order valence-corrected chi connectivity index (χ4v) is 1.82. The Labute approximate surface area is 100 Å². The Morgan fingerprint density at radius 1 is 1.29 bits per heavy atom. The van der Waals surface area contributed by atoms with Crippen LogP contribution >= 0.6 is 0 Å². The molecule has 1 aliphatic rings. The van der Waals surface area contributed by atoms with Gasteiger partial charge in [0.1, 0.15) is 0 Å². The van der Waals surface area contributed by atoms with Gasteiger partial charge in [0, 0.05) is 31.9 Å². The second-order valence-corrected chi connectivity index (χ2v) is 4.01. The fourth-order valence-electron chi connectivity index (χ4n) is 1.82. The van der Waals surface area contributed by atoms with Crippen LogP contribution in [0.2, 0.25) is 0 Å². The van der Waals surface area contributed by atoms with Gasteiger partial charge in [-0.25, -0.2) is 0 Å². The molecule has 0 bridgehead atoms. The summed E-state index contributed by atoms with van der Waals surface area (Å²) in [6.07, 6.45) is -1.07. The van der Waals surface area contributed by atoms with Crippen molar-refractivity contribution in [3.05, 3.63) is 30.3 Å². The van der Waals surface area contributed by atoms with Gasteiger partial charge in [-0.1, -0.05) is 18.2 Å². The predicted molar refractivity (Wildman–Crippen MR) is 65.5 cm³/mol. The molecule has 1 aromatic carbocycles. The fraction of sp³-hybridized carbons (Fsp3) is 0.417. The maximum Gasteiger partial charge on any atom is 0.268 e. The largest absolute Gasteiger partial charge is 0.370 e. The molecule has 1 amide bonds. The molecule has 17 heavy (non-hydrogen) atoms. The smallest absolute Gasteiger partial charge is 0.268 e. The summed E-state index contributed by atoms with van der Waals surface area (Å²) in [5, 5.41) is 15.8. The standard InChI is InChI=1S/C12H17N3O2/c16-11(14-10-4-2-1-3-5-10)12(17)15-8-6-13-7-9-15/h1-5,12-13,17H,6-9H2,(H,14,16). The predicted octanol–water partition coefficient (Wildman–Crippen LogP) is -0.151. The molecule has 5 heteroatoms. The van der Waals surface area contributed by atoms with Crippen molar-refractivity contribution < 1.29 is 9.90 Å². The van der Waals surface area contributed by atoms with Gasteiger partial charge in [-0.2, -0.15) is 0 Å². The Morgan fingerprint density at radius 2 is 1.94 bits per heavy atom. The van der Waals surface area contributed by atoms with Crippen LogP contribution < -0.4 is 10.6 Å². The van der Waals surface area contributed by atoms with Gasteiger partial charge < -0.3 is 15.7 Å². The van der Waals surface area contributed by atoms with Gasteiger partial charge in [-0.3, -0.25) is 9.69 Å². The van der Waals surface area contributed by atoms with Crippen LogP contribution in [0.15, 0.2) is 30.3 Å². The Hall–Kier alpha value is -1.43. The molecule has 0 aliphatic carbocycles. The van der Waals surface area contributed by atoms with Crippen molar-refractivity contribution in [2.45, 2.75) is 6.23 Å². The highest BCUT2D eigenvalue weighted by molar-refractivity contribution is 5.93. The number of rotatable bonds is 3. The summed E-state index contributed by atoms with van der Waals surface area (Å²) < 4.78 is 0. The zero-order chi connectivity index (χ0) is 12.1. The lowest BCUT2D eigenvalue weighted by molar-refractivity contribution is -0.134. The molecule has 0 aromatic heterocycles. The highest BCUT2D eigenvalue weighted by Crippen LogP contribution is 2.07. The normalized spacial score (nSPS) is 18.6. The van der Waals surface area contributed by atoms with Crippen LogP contribution in [0.5, 0.6) is 0 Å². The minimum Gasteiger partial charge on any atom is -0.370 e. The van der Waals surface area contributed by atoms with Crippen LogP contribution in [0.4, 0.5) is 5.69 Å². The van der Waals surface area contributed by atoms with Crippen LogP contribution in [0.1, 0.15) is 0 Å². The molecule has 1 fully saturated rings. The Morgan fingerprint density at radius 3 is 2.59 bits per heavy atom. The van der Waals surface area contributed by atoms with E-state index in [1.165, 1.54) is 0 Å². The van der Waals surface area contributed by atoms with Gasteiger partial charge in [0.2, 0.25) is 0 Å². The third kappa shape index (κ3) is 3.26. The minimum absolute atomic E-state index is 0.377. The van der Waals surface area contributed by atoms with Crippen molar-refractivity contribution in [2.24, 2.45) is 0 Å². The number of hydrogen-bond donors (Lipinski definition) is 3. The van der Waals surface area contributed by atoms with Gasteiger partial charge in [-0.15, -0.1) is 0 Å². The summed E-state index contributed by atoms with van der Waals surface area (Å²) in [6.45, 7) is 2.97. The molecule has 92 valence electrons. The number of amides is 1. The highest BCUT2D eigenvalue weighted by Gasteiger charge is 2.24. The van der Waals surface area contributed by atoms with Crippen LogP contribution in [0, 0.1) is 0 Å². The highest BCUT2D eigenvalue weighted by atomic mass is 16.3. The van der Waals surface area contributed by atoms with Gasteiger partial charge in [0.25, 0.3) is 5.91 Å². The second-order valence-electron chi connectivity index (χ2n) is 4.01. The molecular weight excluding hydrogens is 218 g/mol. The van der Waals surface area contributed by atoms with Crippen molar-refractivity contribution in [2.75, 3.05) is 31.5 Å². The molecule has 1 saturated heterocycles. The zero-order valence-corrected chi connectivity index (χ0v) is 9.60. The van der Waals surface area contributed by atoms with E-state index in [1.807, 2.05) is 18.2 Å². The lowest BCUT2D eigenvalue weighted by atomic mass is 10.3. The summed E-state index contributed by atoms with van der Waals surface area (Å²) >= 11 is 0. The first-order chi connectivity index (χ1) is 8.27. The molecule has 0 saturated carbocycles. The van der Waals surface area contributed by atoms with E-state index in [1.54, 1.807) is 17.0 Å². The molecule has 1 heterocycles. The summed E-state index contributed by atoms with van der Waals surface area (Å²) in [5.74, 6) is -0.377. The van der Waals surface area contributed by atoms with Crippen LogP contribution in [-0.4, -0.2) is 48.3 Å². The number of nitrogens with one attached hydrogen (secondary N) is 2.